The van der Waals surface area contributed by atoms with E-state index in [4.69, 9.17) is 10.5 Å². The van der Waals surface area contributed by atoms with Gasteiger partial charge in [-0.3, -0.25) is 0 Å². The van der Waals surface area contributed by atoms with Gasteiger partial charge in [0.1, 0.15) is 0 Å². The van der Waals surface area contributed by atoms with Crippen molar-refractivity contribution >= 4 is 0 Å². The van der Waals surface area contributed by atoms with E-state index in [1.165, 1.54) is 25.7 Å². The fraction of sp³-hybridized carbons (Fsp3) is 1.00. The smallest absolute Gasteiger partial charge is 0.0644 e. The molecule has 0 aromatic carbocycles. The van der Waals surface area contributed by atoms with Gasteiger partial charge in [-0.25, -0.2) is 0 Å². The van der Waals surface area contributed by atoms with Gasteiger partial charge >= 0.3 is 0 Å². The zero-order valence-electron chi connectivity index (χ0n) is 6.96. The molecule has 2 aliphatic rings. The van der Waals surface area contributed by atoms with Crippen LogP contribution in [-0.2, 0) is 4.74 Å². The zero-order valence-corrected chi connectivity index (χ0v) is 6.96. The van der Waals surface area contributed by atoms with Crippen LogP contribution in [0.2, 0.25) is 0 Å². The largest absolute Gasteiger partial charge is 0.378 e. The molecule has 2 unspecified atom stereocenters. The first-order valence-electron chi connectivity index (χ1n) is 4.73. The van der Waals surface area contributed by atoms with E-state index in [0.717, 1.165) is 19.1 Å². The third-order valence-electron chi connectivity index (χ3n) is 3.18. The zero-order chi connectivity index (χ0) is 7.68. The van der Waals surface area contributed by atoms with Crippen LogP contribution in [0.25, 0.3) is 0 Å². The van der Waals surface area contributed by atoms with Crippen LogP contribution in [0.15, 0.2) is 0 Å². The van der Waals surface area contributed by atoms with Crippen LogP contribution >= 0.6 is 0 Å². The molecule has 2 N–H and O–H groups in total. The topological polar surface area (TPSA) is 35.2 Å². The number of ether oxygens (including phenoxy) is 1. The first-order chi connectivity index (χ1) is 5.42. The lowest BCUT2D eigenvalue weighted by molar-refractivity contribution is 0.0118. The van der Waals surface area contributed by atoms with Crippen LogP contribution in [0, 0.1) is 11.8 Å². The number of hydrogen-bond donors (Lipinski definition) is 1. The molecule has 1 aliphatic heterocycles. The standard InChI is InChI=1S/C9H17NO/c10-6-8-4-5-11-9(8)7-2-1-3-7/h7-9H,1-6,10H2. The van der Waals surface area contributed by atoms with Crippen molar-refractivity contribution in [2.75, 3.05) is 13.2 Å². The molecule has 0 spiro atoms. The Kier molecular flexibility index (Phi) is 2.14. The number of nitrogens with two attached hydrogens (primary N) is 1. The van der Waals surface area contributed by atoms with Gasteiger partial charge in [0.15, 0.2) is 0 Å². The van der Waals surface area contributed by atoms with Crippen LogP contribution in [0.3, 0.4) is 0 Å². The number of hydrogen-bond acceptors (Lipinski definition) is 2. The van der Waals surface area contributed by atoms with E-state index in [1.54, 1.807) is 0 Å². The second kappa shape index (κ2) is 3.11. The minimum Gasteiger partial charge on any atom is -0.378 e. The van der Waals surface area contributed by atoms with Gasteiger partial charge in [0.05, 0.1) is 6.10 Å². The number of rotatable bonds is 2. The second-order valence-corrected chi connectivity index (χ2v) is 3.81. The van der Waals surface area contributed by atoms with Gasteiger partial charge in [-0.2, -0.15) is 0 Å². The average molecular weight is 155 g/mol. The van der Waals surface area contributed by atoms with Crippen molar-refractivity contribution in [1.29, 1.82) is 0 Å². The Morgan fingerprint density at radius 3 is 2.64 bits per heavy atom. The fourth-order valence-corrected chi connectivity index (χ4v) is 2.20. The highest BCUT2D eigenvalue weighted by molar-refractivity contribution is 4.86. The Bertz CT molecular complexity index is 134. The summed E-state index contributed by atoms with van der Waals surface area (Å²) in [5, 5.41) is 0. The molecule has 0 amide bonds. The van der Waals surface area contributed by atoms with E-state index in [9.17, 15) is 0 Å². The molecular weight excluding hydrogens is 138 g/mol. The summed E-state index contributed by atoms with van der Waals surface area (Å²) < 4.78 is 5.68. The van der Waals surface area contributed by atoms with E-state index in [1.807, 2.05) is 0 Å². The van der Waals surface area contributed by atoms with Gasteiger partial charge in [-0.1, -0.05) is 6.42 Å². The van der Waals surface area contributed by atoms with Crippen molar-refractivity contribution in [2.45, 2.75) is 31.8 Å². The maximum Gasteiger partial charge on any atom is 0.0644 e. The molecule has 2 nitrogen and oxygen atoms in total. The highest BCUT2D eigenvalue weighted by Gasteiger charge is 2.36. The van der Waals surface area contributed by atoms with Gasteiger partial charge in [-0.05, 0) is 37.6 Å². The van der Waals surface area contributed by atoms with Crippen molar-refractivity contribution < 1.29 is 4.74 Å². The van der Waals surface area contributed by atoms with Gasteiger partial charge in [0.25, 0.3) is 0 Å². The molecule has 1 saturated carbocycles. The highest BCUT2D eigenvalue weighted by Crippen LogP contribution is 2.37. The van der Waals surface area contributed by atoms with Gasteiger partial charge in [0, 0.05) is 6.61 Å². The normalized spacial score (nSPS) is 39.0. The molecule has 2 heteroatoms. The summed E-state index contributed by atoms with van der Waals surface area (Å²) in [4.78, 5) is 0. The molecule has 2 atom stereocenters. The lowest BCUT2D eigenvalue weighted by Crippen LogP contribution is -2.34. The maximum atomic E-state index is 5.68. The summed E-state index contributed by atoms with van der Waals surface area (Å²) in [6, 6.07) is 0. The predicted octanol–water partition coefficient (Wildman–Crippen LogP) is 1.15. The highest BCUT2D eigenvalue weighted by atomic mass is 16.5. The van der Waals surface area contributed by atoms with E-state index in [0.29, 0.717) is 12.0 Å². The molecule has 11 heavy (non-hydrogen) atoms. The van der Waals surface area contributed by atoms with E-state index < -0.39 is 0 Å². The SMILES string of the molecule is NCC1CCOC1C1CCC1. The van der Waals surface area contributed by atoms with Gasteiger partial charge in [0.2, 0.25) is 0 Å². The van der Waals surface area contributed by atoms with Crippen molar-refractivity contribution in [1.82, 2.24) is 0 Å². The van der Waals surface area contributed by atoms with Crippen LogP contribution in [0.4, 0.5) is 0 Å². The molecule has 1 saturated heterocycles. The van der Waals surface area contributed by atoms with Crippen molar-refractivity contribution in [3.8, 4) is 0 Å². The Balaban J connectivity index is 1.89. The second-order valence-electron chi connectivity index (χ2n) is 3.81. The lowest BCUT2D eigenvalue weighted by Gasteiger charge is -2.33. The summed E-state index contributed by atoms with van der Waals surface area (Å²) in [7, 11) is 0. The molecule has 2 rings (SSSR count). The summed E-state index contributed by atoms with van der Waals surface area (Å²) >= 11 is 0. The quantitative estimate of drug-likeness (QED) is 0.649. The Hall–Kier alpha value is -0.0800. The third-order valence-corrected chi connectivity index (χ3v) is 3.18. The van der Waals surface area contributed by atoms with Crippen LogP contribution < -0.4 is 5.73 Å². The maximum absolute atomic E-state index is 5.68. The molecule has 1 heterocycles. The average Bonchev–Trinajstić information content (AvgIpc) is 2.32. The molecular formula is C9H17NO. The van der Waals surface area contributed by atoms with Crippen LogP contribution in [0.5, 0.6) is 0 Å². The van der Waals surface area contributed by atoms with E-state index >= 15 is 0 Å². The third kappa shape index (κ3) is 1.30. The first-order valence-corrected chi connectivity index (χ1v) is 4.73. The summed E-state index contributed by atoms with van der Waals surface area (Å²) in [6.45, 7) is 1.77. The fourth-order valence-electron chi connectivity index (χ4n) is 2.20. The van der Waals surface area contributed by atoms with Crippen molar-refractivity contribution in [3.05, 3.63) is 0 Å². The summed E-state index contributed by atoms with van der Waals surface area (Å²) in [5.74, 6) is 1.52. The first kappa shape index (κ1) is 7.56. The van der Waals surface area contributed by atoms with Gasteiger partial charge < -0.3 is 10.5 Å². The Labute approximate surface area is 68.1 Å². The summed E-state index contributed by atoms with van der Waals surface area (Å²) in [5.41, 5.74) is 5.66. The van der Waals surface area contributed by atoms with Crippen LogP contribution in [0.1, 0.15) is 25.7 Å². The minimum atomic E-state index is 0.522. The van der Waals surface area contributed by atoms with Crippen LogP contribution in [-0.4, -0.2) is 19.3 Å². The molecule has 2 fully saturated rings. The molecule has 0 aromatic heterocycles. The summed E-state index contributed by atoms with van der Waals surface area (Å²) in [6.07, 6.45) is 5.87. The predicted molar refractivity (Wildman–Crippen MR) is 44.2 cm³/mol. The molecule has 1 aliphatic carbocycles. The molecule has 0 bridgehead atoms. The van der Waals surface area contributed by atoms with Gasteiger partial charge in [-0.15, -0.1) is 0 Å². The van der Waals surface area contributed by atoms with Crippen molar-refractivity contribution in [2.24, 2.45) is 17.6 Å². The Morgan fingerprint density at radius 2 is 2.09 bits per heavy atom. The minimum absolute atomic E-state index is 0.522. The molecule has 0 aromatic rings. The van der Waals surface area contributed by atoms with E-state index in [-0.39, 0.29) is 0 Å². The van der Waals surface area contributed by atoms with Crippen molar-refractivity contribution in [3.63, 3.8) is 0 Å². The Morgan fingerprint density at radius 1 is 1.27 bits per heavy atom. The lowest BCUT2D eigenvalue weighted by atomic mass is 9.77. The molecule has 64 valence electrons. The van der Waals surface area contributed by atoms with E-state index in [2.05, 4.69) is 0 Å². The molecule has 0 radical (unpaired) electrons. The monoisotopic (exact) mass is 155 g/mol.